The fourth-order valence-corrected chi connectivity index (χ4v) is 6.71. The van der Waals surface area contributed by atoms with E-state index in [1.54, 1.807) is 22.8 Å². The van der Waals surface area contributed by atoms with Gasteiger partial charge in [-0.05, 0) is 49.8 Å². The van der Waals surface area contributed by atoms with Gasteiger partial charge >= 0.3 is 12.1 Å². The van der Waals surface area contributed by atoms with Crippen molar-refractivity contribution in [3.05, 3.63) is 54.6 Å². The van der Waals surface area contributed by atoms with E-state index in [0.717, 1.165) is 3.97 Å². The van der Waals surface area contributed by atoms with Crippen LogP contribution in [0.1, 0.15) is 50.1 Å². The highest BCUT2D eigenvalue weighted by molar-refractivity contribution is 7.90. The van der Waals surface area contributed by atoms with Gasteiger partial charge in [-0.15, -0.1) is 0 Å². The molecule has 1 aromatic carbocycles. The highest BCUT2D eigenvalue weighted by Gasteiger charge is 2.45. The maximum absolute atomic E-state index is 13.4. The summed E-state index contributed by atoms with van der Waals surface area (Å²) in [5, 5.41) is 11.7. The normalized spacial score (nSPS) is 18.5. The summed E-state index contributed by atoms with van der Waals surface area (Å²) in [6.07, 6.45) is -2.25. The Morgan fingerprint density at radius 1 is 1.17 bits per heavy atom. The van der Waals surface area contributed by atoms with Crippen molar-refractivity contribution < 1.29 is 35.9 Å². The number of ether oxygens (including phenoxy) is 1. The Kier molecular flexibility index (Phi) is 7.67. The van der Waals surface area contributed by atoms with Crippen LogP contribution in [0, 0.1) is 17.2 Å². The maximum atomic E-state index is 13.4. The lowest BCUT2D eigenvalue weighted by Gasteiger charge is -2.31. The molecule has 220 valence electrons. The molecule has 1 aliphatic rings. The molecule has 0 spiro atoms. The molecule has 0 radical (unpaired) electrons. The summed E-state index contributed by atoms with van der Waals surface area (Å²) in [5.74, 6) is -3.72. The van der Waals surface area contributed by atoms with Crippen LogP contribution >= 0.6 is 0 Å². The van der Waals surface area contributed by atoms with Crippen molar-refractivity contribution in [1.29, 1.82) is 5.26 Å². The first-order valence-corrected chi connectivity index (χ1v) is 14.5. The number of alkyl halides is 3. The van der Waals surface area contributed by atoms with Crippen LogP contribution in [0.15, 0.2) is 53.7 Å². The van der Waals surface area contributed by atoms with Crippen LogP contribution in [0.2, 0.25) is 0 Å². The van der Waals surface area contributed by atoms with Crippen molar-refractivity contribution in [2.75, 3.05) is 7.05 Å². The number of benzene rings is 1. The molecule has 1 atom stereocenters. The second kappa shape index (κ2) is 11.1. The Bertz CT molecular complexity index is 1800. The first kappa shape index (κ1) is 29.1. The Labute approximate surface area is 238 Å². The molecular weight excluding hydrogens is 577 g/mol. The maximum Gasteiger partial charge on any atom is 0.490 e. The van der Waals surface area contributed by atoms with Crippen molar-refractivity contribution in [3.8, 4) is 6.07 Å². The van der Waals surface area contributed by atoms with Gasteiger partial charge in [0.1, 0.15) is 5.52 Å². The van der Waals surface area contributed by atoms with Crippen molar-refractivity contribution in [1.82, 2.24) is 23.8 Å². The van der Waals surface area contributed by atoms with E-state index < -0.39 is 40.2 Å². The van der Waals surface area contributed by atoms with Crippen LogP contribution in [-0.4, -0.2) is 52.0 Å². The second-order valence-electron chi connectivity index (χ2n) is 9.93. The largest absolute Gasteiger partial charge is 0.490 e. The third kappa shape index (κ3) is 5.18. The highest BCUT2D eigenvalue weighted by atomic mass is 32.2. The Hall–Kier alpha value is -4.45. The predicted octanol–water partition coefficient (Wildman–Crippen LogP) is 4.16. The van der Waals surface area contributed by atoms with Crippen molar-refractivity contribution in [3.63, 3.8) is 0 Å². The average molecular weight is 603 g/mol. The minimum absolute atomic E-state index is 0.0214. The highest BCUT2D eigenvalue weighted by Crippen LogP contribution is 2.40. The summed E-state index contributed by atoms with van der Waals surface area (Å²) in [6, 6.07) is 11.0. The van der Waals surface area contributed by atoms with E-state index in [1.807, 2.05) is 0 Å². The molecule has 1 N–H and O–H groups in total. The molecule has 3 aromatic heterocycles. The Morgan fingerprint density at radius 3 is 2.48 bits per heavy atom. The summed E-state index contributed by atoms with van der Waals surface area (Å²) >= 11 is 0. The zero-order valence-electron chi connectivity index (χ0n) is 22.2. The average Bonchev–Trinajstić information content (AvgIpc) is 3.58. The molecule has 1 amide bonds. The molecule has 0 saturated heterocycles. The van der Waals surface area contributed by atoms with Gasteiger partial charge in [0.2, 0.25) is 6.10 Å². The lowest BCUT2D eigenvalue weighted by atomic mass is 9.84. The molecule has 1 aliphatic carbocycles. The van der Waals surface area contributed by atoms with Gasteiger partial charge in [-0.1, -0.05) is 18.2 Å². The van der Waals surface area contributed by atoms with E-state index in [-0.39, 0.29) is 27.8 Å². The van der Waals surface area contributed by atoms with E-state index in [0.29, 0.717) is 43.0 Å². The van der Waals surface area contributed by atoms with Crippen LogP contribution in [0.4, 0.5) is 13.2 Å². The lowest BCUT2D eigenvalue weighted by Crippen LogP contribution is -2.36. The number of esters is 1. The number of hydrogen-bond donors (Lipinski definition) is 1. The fourth-order valence-electron chi connectivity index (χ4n) is 5.38. The SMILES string of the molecule is CNC(=O)C(OC(=O)C(F)(F)F)c1nc2cnc3c(ccn3S(=O)(=O)c3ccccc3)c2n1[C@H]1CC[C@H](CC#N)CC1. The quantitative estimate of drug-likeness (QED) is 0.310. The molecule has 1 saturated carbocycles. The van der Waals surface area contributed by atoms with Crippen molar-refractivity contribution in [2.45, 2.75) is 55.3 Å². The van der Waals surface area contributed by atoms with Gasteiger partial charge in [0, 0.05) is 31.1 Å². The van der Waals surface area contributed by atoms with E-state index in [1.165, 1.54) is 37.6 Å². The number of imidazole rings is 1. The number of hydrogen-bond acceptors (Lipinski definition) is 8. The Morgan fingerprint density at radius 2 is 1.86 bits per heavy atom. The molecule has 42 heavy (non-hydrogen) atoms. The van der Waals surface area contributed by atoms with Crippen LogP contribution < -0.4 is 5.32 Å². The number of nitrogens with one attached hydrogen (secondary N) is 1. The number of carbonyl (C=O) groups excluding carboxylic acids is 2. The molecular formula is C27H25F3N6O5S. The van der Waals surface area contributed by atoms with E-state index >= 15 is 0 Å². The predicted molar refractivity (Wildman–Crippen MR) is 142 cm³/mol. The van der Waals surface area contributed by atoms with Crippen molar-refractivity contribution in [2.24, 2.45) is 5.92 Å². The monoisotopic (exact) mass is 602 g/mol. The minimum Gasteiger partial charge on any atom is -0.437 e. The van der Waals surface area contributed by atoms with Crippen molar-refractivity contribution >= 4 is 44.0 Å². The van der Waals surface area contributed by atoms with E-state index in [9.17, 15) is 31.2 Å². The molecule has 4 aromatic rings. The molecule has 15 heteroatoms. The van der Waals surface area contributed by atoms with Gasteiger partial charge in [0.15, 0.2) is 11.5 Å². The first-order chi connectivity index (χ1) is 20.0. The van der Waals surface area contributed by atoms with Gasteiger partial charge in [-0.25, -0.2) is 27.2 Å². The molecule has 0 bridgehead atoms. The number of halogens is 3. The topological polar surface area (TPSA) is 149 Å². The van der Waals surface area contributed by atoms with E-state index in [4.69, 9.17) is 5.26 Å². The number of rotatable bonds is 7. The van der Waals surface area contributed by atoms with Crippen LogP contribution in [0.5, 0.6) is 0 Å². The number of nitrogens with zero attached hydrogens (tertiary/aromatic N) is 5. The molecule has 3 heterocycles. The van der Waals surface area contributed by atoms with Crippen LogP contribution in [0.25, 0.3) is 22.1 Å². The minimum atomic E-state index is -5.36. The molecule has 1 fully saturated rings. The zero-order chi connectivity index (χ0) is 30.2. The summed E-state index contributed by atoms with van der Waals surface area (Å²) in [4.78, 5) is 33.4. The third-order valence-corrected chi connectivity index (χ3v) is 9.07. The number of fused-ring (bicyclic) bond motifs is 3. The molecule has 0 aliphatic heterocycles. The van der Waals surface area contributed by atoms with Crippen LogP contribution in [0.3, 0.4) is 0 Å². The van der Waals surface area contributed by atoms with E-state index in [2.05, 4.69) is 26.1 Å². The smallest absolute Gasteiger partial charge is 0.437 e. The summed E-state index contributed by atoms with van der Waals surface area (Å²) < 4.78 is 73.7. The second-order valence-corrected chi connectivity index (χ2v) is 11.7. The number of pyridine rings is 1. The number of nitriles is 1. The van der Waals surface area contributed by atoms with Gasteiger partial charge < -0.3 is 14.6 Å². The zero-order valence-corrected chi connectivity index (χ0v) is 23.0. The Balaban J connectivity index is 1.72. The fraction of sp³-hybridized carbons (Fsp3) is 0.370. The molecule has 1 unspecified atom stereocenters. The van der Waals surface area contributed by atoms with Gasteiger partial charge in [0.25, 0.3) is 15.9 Å². The summed E-state index contributed by atoms with van der Waals surface area (Å²) in [6.45, 7) is 0. The molecule has 5 rings (SSSR count). The number of likely N-dealkylation sites (N-methyl/N-ethyl adjacent to an activating group) is 1. The number of aromatic nitrogens is 4. The van der Waals surface area contributed by atoms with Crippen LogP contribution in [-0.2, 0) is 24.3 Å². The first-order valence-electron chi connectivity index (χ1n) is 13.0. The number of carbonyl (C=O) groups is 2. The molecule has 11 nitrogen and oxygen atoms in total. The van der Waals surface area contributed by atoms with Gasteiger partial charge in [-0.3, -0.25) is 4.79 Å². The lowest BCUT2D eigenvalue weighted by molar-refractivity contribution is -0.206. The van der Waals surface area contributed by atoms with Gasteiger partial charge in [0.05, 0.1) is 22.7 Å². The summed E-state index contributed by atoms with van der Waals surface area (Å²) in [7, 11) is -2.88. The van der Waals surface area contributed by atoms with Gasteiger partial charge in [-0.2, -0.15) is 18.4 Å². The standard InChI is InChI=1S/C27H25F3N6O5S/c1-32-25(37)22(41-26(38)27(28,29)30)24-34-20-15-33-23-19(12-14-35(23)42(39,40)18-5-3-2-4-6-18)21(20)36(24)17-9-7-16(8-10-17)11-13-31/h2-6,12,14-17,22H,7-11H2,1H3,(H,32,37)/t16-,17-,22?. The number of amides is 1. The third-order valence-electron chi connectivity index (χ3n) is 7.39. The summed E-state index contributed by atoms with van der Waals surface area (Å²) in [5.41, 5.74) is 0.544.